The Morgan fingerprint density at radius 2 is 1.70 bits per heavy atom. The van der Waals surface area contributed by atoms with Gasteiger partial charge in [-0.25, -0.2) is 9.59 Å². The molecule has 0 heterocycles. The van der Waals surface area contributed by atoms with Gasteiger partial charge in [0.15, 0.2) is 0 Å². The number of benzene rings is 2. The minimum absolute atomic E-state index is 0.0186. The van der Waals surface area contributed by atoms with Gasteiger partial charge >= 0.3 is 0 Å². The number of carbonyl (C=O) groups excluding carboxylic acids is 2. The molecule has 98 valence electrons. The lowest BCUT2D eigenvalue weighted by atomic mass is 9.91. The van der Waals surface area contributed by atoms with E-state index in [1.165, 1.54) is 6.08 Å². The van der Waals surface area contributed by atoms with Crippen LogP contribution in [0.3, 0.4) is 0 Å². The highest BCUT2D eigenvalue weighted by Crippen LogP contribution is 2.32. The molecule has 0 amide bonds. The highest BCUT2D eigenvalue weighted by atomic mass is 16.1. The Bertz CT molecular complexity index is 712. The molecule has 2 aromatic carbocycles. The van der Waals surface area contributed by atoms with Crippen molar-refractivity contribution in [1.29, 1.82) is 0 Å². The fourth-order valence-electron chi connectivity index (χ4n) is 2.10. The van der Waals surface area contributed by atoms with E-state index in [1.807, 2.05) is 43.3 Å². The third kappa shape index (κ3) is 2.96. The van der Waals surface area contributed by atoms with Crippen LogP contribution in [-0.4, -0.2) is 12.2 Å². The normalized spacial score (nSPS) is 11.1. The molecule has 2 rings (SSSR count). The Kier molecular flexibility index (Phi) is 4.35. The molecule has 1 unspecified atom stereocenters. The van der Waals surface area contributed by atoms with Gasteiger partial charge in [-0.3, -0.25) is 0 Å². The zero-order chi connectivity index (χ0) is 14.4. The van der Waals surface area contributed by atoms with E-state index in [-0.39, 0.29) is 5.92 Å². The largest absolute Gasteiger partial charge is 0.240 e. The molecule has 0 aliphatic carbocycles. The van der Waals surface area contributed by atoms with E-state index < -0.39 is 0 Å². The Morgan fingerprint density at radius 3 is 2.45 bits per heavy atom. The van der Waals surface area contributed by atoms with Crippen LogP contribution in [0.5, 0.6) is 0 Å². The summed E-state index contributed by atoms with van der Waals surface area (Å²) in [5, 5.41) is 0. The Morgan fingerprint density at radius 1 is 0.950 bits per heavy atom. The van der Waals surface area contributed by atoms with Crippen molar-refractivity contribution in [1.82, 2.24) is 0 Å². The first-order valence-electron chi connectivity index (χ1n) is 6.11. The molecule has 0 N–H and O–H groups in total. The second kappa shape index (κ2) is 6.39. The van der Waals surface area contributed by atoms with Crippen molar-refractivity contribution in [3.63, 3.8) is 0 Å². The van der Waals surface area contributed by atoms with E-state index in [0.717, 1.165) is 11.1 Å². The topological polar surface area (TPSA) is 58.9 Å². The molecule has 4 heteroatoms. The predicted molar refractivity (Wildman–Crippen MR) is 76.0 cm³/mol. The van der Waals surface area contributed by atoms with E-state index in [4.69, 9.17) is 0 Å². The second-order valence-corrected chi connectivity index (χ2v) is 4.28. The molecule has 0 spiro atoms. The molecule has 0 aliphatic heterocycles. The molecule has 0 bridgehead atoms. The molecular formula is C16H12N2O2. The second-order valence-electron chi connectivity index (χ2n) is 4.28. The maximum absolute atomic E-state index is 10.5. The Balaban J connectivity index is 2.45. The highest BCUT2D eigenvalue weighted by Gasteiger charge is 2.12. The van der Waals surface area contributed by atoms with Crippen molar-refractivity contribution >= 4 is 23.5 Å². The third-order valence-electron chi connectivity index (χ3n) is 3.11. The lowest BCUT2D eigenvalue weighted by molar-refractivity contribution is 0.564. The Labute approximate surface area is 116 Å². The maximum atomic E-state index is 10.5. The molecule has 4 nitrogen and oxygen atoms in total. The standard InChI is InChI=1S/C16H12N2O2/c1-12(13-5-4-6-14(9-13)17-10-19)15-7-2-3-8-16(15)18-11-20/h2-9,12H,1H3. The van der Waals surface area contributed by atoms with Crippen LogP contribution in [0.4, 0.5) is 11.4 Å². The number of isocyanates is 2. The average molecular weight is 264 g/mol. The van der Waals surface area contributed by atoms with Gasteiger partial charge in [0.1, 0.15) is 0 Å². The summed E-state index contributed by atoms with van der Waals surface area (Å²) in [6.45, 7) is 2.00. The minimum atomic E-state index is 0.0186. The van der Waals surface area contributed by atoms with Gasteiger partial charge in [0.2, 0.25) is 12.2 Å². The van der Waals surface area contributed by atoms with E-state index in [2.05, 4.69) is 9.98 Å². The molecule has 0 aromatic heterocycles. The van der Waals surface area contributed by atoms with Crippen LogP contribution in [0.25, 0.3) is 0 Å². The van der Waals surface area contributed by atoms with Crippen molar-refractivity contribution in [2.24, 2.45) is 9.98 Å². The van der Waals surface area contributed by atoms with Gasteiger partial charge in [0.25, 0.3) is 0 Å². The van der Waals surface area contributed by atoms with Crippen molar-refractivity contribution < 1.29 is 9.59 Å². The molecular weight excluding hydrogens is 252 g/mol. The number of nitrogens with zero attached hydrogens (tertiary/aromatic N) is 2. The van der Waals surface area contributed by atoms with Crippen LogP contribution < -0.4 is 0 Å². The van der Waals surface area contributed by atoms with Gasteiger partial charge < -0.3 is 0 Å². The summed E-state index contributed by atoms with van der Waals surface area (Å²) in [5.41, 5.74) is 3.05. The number of para-hydroxylation sites is 1. The minimum Gasteiger partial charge on any atom is -0.211 e. The quantitative estimate of drug-likeness (QED) is 0.623. The molecule has 1 atom stereocenters. The maximum Gasteiger partial charge on any atom is 0.240 e. The summed E-state index contributed by atoms with van der Waals surface area (Å²) in [4.78, 5) is 28.1. The molecule has 0 saturated carbocycles. The number of hydrogen-bond donors (Lipinski definition) is 0. The number of aliphatic imine (C=N–C) groups is 2. The van der Waals surface area contributed by atoms with Crippen molar-refractivity contribution in [3.05, 3.63) is 59.7 Å². The molecule has 0 saturated heterocycles. The van der Waals surface area contributed by atoms with Crippen molar-refractivity contribution in [2.45, 2.75) is 12.8 Å². The summed E-state index contributed by atoms with van der Waals surface area (Å²) in [6.07, 6.45) is 3.09. The van der Waals surface area contributed by atoms with Crippen molar-refractivity contribution in [3.8, 4) is 0 Å². The Hall–Kier alpha value is -2.80. The zero-order valence-electron chi connectivity index (χ0n) is 10.9. The molecule has 0 fully saturated rings. The van der Waals surface area contributed by atoms with E-state index in [0.29, 0.717) is 11.4 Å². The number of rotatable bonds is 4. The number of hydrogen-bond acceptors (Lipinski definition) is 4. The van der Waals surface area contributed by atoms with E-state index in [9.17, 15) is 9.59 Å². The first-order chi connectivity index (χ1) is 9.76. The zero-order valence-corrected chi connectivity index (χ0v) is 10.9. The first-order valence-corrected chi connectivity index (χ1v) is 6.11. The molecule has 2 aromatic rings. The van der Waals surface area contributed by atoms with Gasteiger partial charge in [-0.1, -0.05) is 37.3 Å². The van der Waals surface area contributed by atoms with Crippen LogP contribution in [0.2, 0.25) is 0 Å². The van der Waals surface area contributed by atoms with Crippen LogP contribution in [0.1, 0.15) is 24.0 Å². The lowest BCUT2D eigenvalue weighted by Crippen LogP contribution is -1.96. The van der Waals surface area contributed by atoms with Crippen LogP contribution >= 0.6 is 0 Å². The smallest absolute Gasteiger partial charge is 0.211 e. The van der Waals surface area contributed by atoms with Gasteiger partial charge in [0.05, 0.1) is 11.4 Å². The van der Waals surface area contributed by atoms with Gasteiger partial charge in [-0.05, 0) is 29.3 Å². The summed E-state index contributed by atoms with van der Waals surface area (Å²) in [6, 6.07) is 14.7. The molecule has 0 radical (unpaired) electrons. The first kappa shape index (κ1) is 13.6. The lowest BCUT2D eigenvalue weighted by Gasteiger charge is -2.14. The van der Waals surface area contributed by atoms with Gasteiger partial charge in [0, 0.05) is 5.92 Å². The van der Waals surface area contributed by atoms with Crippen LogP contribution in [0, 0.1) is 0 Å². The average Bonchev–Trinajstić information content (AvgIpc) is 2.48. The SMILES string of the molecule is CC(c1cccc(N=C=O)c1)c1ccccc1N=C=O. The summed E-state index contributed by atoms with van der Waals surface area (Å²) >= 11 is 0. The third-order valence-corrected chi connectivity index (χ3v) is 3.11. The summed E-state index contributed by atoms with van der Waals surface area (Å²) in [5.74, 6) is 0.0186. The summed E-state index contributed by atoms with van der Waals surface area (Å²) in [7, 11) is 0. The summed E-state index contributed by atoms with van der Waals surface area (Å²) < 4.78 is 0. The predicted octanol–water partition coefficient (Wildman–Crippen LogP) is 3.77. The van der Waals surface area contributed by atoms with Crippen molar-refractivity contribution in [2.75, 3.05) is 0 Å². The van der Waals surface area contributed by atoms with E-state index >= 15 is 0 Å². The van der Waals surface area contributed by atoms with Gasteiger partial charge in [-0.15, -0.1) is 0 Å². The molecule has 20 heavy (non-hydrogen) atoms. The van der Waals surface area contributed by atoms with E-state index in [1.54, 1.807) is 18.2 Å². The van der Waals surface area contributed by atoms with Crippen LogP contribution in [0.15, 0.2) is 58.5 Å². The highest BCUT2D eigenvalue weighted by molar-refractivity contribution is 5.57. The van der Waals surface area contributed by atoms with Gasteiger partial charge in [-0.2, -0.15) is 9.98 Å². The molecule has 0 aliphatic rings. The fourth-order valence-corrected chi connectivity index (χ4v) is 2.10. The fraction of sp³-hybridized carbons (Fsp3) is 0.125. The van der Waals surface area contributed by atoms with Crippen LogP contribution in [-0.2, 0) is 9.59 Å². The monoisotopic (exact) mass is 264 g/mol.